The molecule has 0 bridgehead atoms. The fourth-order valence-corrected chi connectivity index (χ4v) is 2.08. The van der Waals surface area contributed by atoms with Gasteiger partial charge in [-0.1, -0.05) is 33.8 Å². The highest BCUT2D eigenvalue weighted by Crippen LogP contribution is 2.31. The minimum absolute atomic E-state index is 0.0937. The molecule has 1 rings (SSSR count). The average molecular weight is 210 g/mol. The quantitative estimate of drug-likeness (QED) is 0.517. The normalized spacial score (nSPS) is 31.9. The molecule has 0 aromatic rings. The first-order valence-corrected chi connectivity index (χ1v) is 5.84. The Hall–Kier alpha value is -0.790. The van der Waals surface area contributed by atoms with Crippen molar-refractivity contribution >= 4 is 5.97 Å². The zero-order chi connectivity index (χ0) is 11.6. The molecule has 0 spiro atoms. The molecule has 0 aliphatic carbocycles. The van der Waals surface area contributed by atoms with E-state index in [2.05, 4.69) is 27.7 Å². The number of allylic oxidation sites excluding steroid dienone is 1. The third kappa shape index (κ3) is 2.61. The number of carbonyl (C=O) groups excluding carboxylic acids is 1. The molecule has 1 saturated heterocycles. The molecular weight excluding hydrogens is 188 g/mol. The maximum absolute atomic E-state index is 11.7. The lowest BCUT2D eigenvalue weighted by atomic mass is 9.83. The van der Waals surface area contributed by atoms with Gasteiger partial charge in [0.2, 0.25) is 0 Å². The van der Waals surface area contributed by atoms with Crippen LogP contribution in [0, 0.1) is 17.8 Å². The van der Waals surface area contributed by atoms with Crippen LogP contribution < -0.4 is 0 Å². The second-order valence-corrected chi connectivity index (χ2v) is 4.93. The molecule has 1 aliphatic rings. The molecule has 86 valence electrons. The van der Waals surface area contributed by atoms with E-state index in [1.165, 1.54) is 0 Å². The Bertz CT molecular complexity index is 266. The molecular formula is C13H22O2. The van der Waals surface area contributed by atoms with Crippen molar-refractivity contribution in [1.82, 2.24) is 0 Å². The molecule has 2 heteroatoms. The number of hydrogen-bond acceptors (Lipinski definition) is 2. The number of esters is 1. The van der Waals surface area contributed by atoms with Crippen molar-refractivity contribution in [2.24, 2.45) is 17.8 Å². The van der Waals surface area contributed by atoms with Gasteiger partial charge in [-0.15, -0.1) is 0 Å². The molecule has 1 aliphatic heterocycles. The van der Waals surface area contributed by atoms with Crippen LogP contribution in [-0.4, -0.2) is 12.1 Å². The SMILES string of the molecule is C/C=C1/C(=O)OC(C(C)C(C)C)CC1C. The Morgan fingerprint density at radius 2 is 2.00 bits per heavy atom. The van der Waals surface area contributed by atoms with Crippen LogP contribution in [0.15, 0.2) is 11.6 Å². The van der Waals surface area contributed by atoms with E-state index in [1.807, 2.05) is 13.0 Å². The zero-order valence-electron chi connectivity index (χ0n) is 10.4. The van der Waals surface area contributed by atoms with E-state index in [1.54, 1.807) is 0 Å². The molecule has 3 unspecified atom stereocenters. The third-order valence-electron chi connectivity index (χ3n) is 3.56. The Kier molecular flexibility index (Phi) is 3.95. The summed E-state index contributed by atoms with van der Waals surface area (Å²) in [6.07, 6.45) is 2.93. The predicted octanol–water partition coefficient (Wildman–Crippen LogP) is 3.18. The van der Waals surface area contributed by atoms with Crippen LogP contribution in [0.5, 0.6) is 0 Å². The minimum Gasteiger partial charge on any atom is -0.459 e. The summed E-state index contributed by atoms with van der Waals surface area (Å²) >= 11 is 0. The number of hydrogen-bond donors (Lipinski definition) is 0. The number of ether oxygens (including phenoxy) is 1. The van der Waals surface area contributed by atoms with Gasteiger partial charge in [-0.3, -0.25) is 0 Å². The standard InChI is InChI=1S/C13H22O2/c1-6-11-9(4)7-12(15-13(11)14)10(5)8(2)3/h6,8-10,12H,7H2,1-5H3/b11-6+. The molecule has 0 N–H and O–H groups in total. The molecule has 1 heterocycles. The van der Waals surface area contributed by atoms with Crippen molar-refractivity contribution in [3.63, 3.8) is 0 Å². The number of carbonyl (C=O) groups is 1. The van der Waals surface area contributed by atoms with Gasteiger partial charge in [0.15, 0.2) is 0 Å². The second kappa shape index (κ2) is 4.82. The van der Waals surface area contributed by atoms with Crippen LogP contribution in [0.2, 0.25) is 0 Å². The van der Waals surface area contributed by atoms with Crippen LogP contribution in [0.25, 0.3) is 0 Å². The van der Waals surface area contributed by atoms with Crippen LogP contribution >= 0.6 is 0 Å². The highest BCUT2D eigenvalue weighted by Gasteiger charge is 2.34. The summed E-state index contributed by atoms with van der Waals surface area (Å²) in [6.45, 7) is 10.5. The third-order valence-corrected chi connectivity index (χ3v) is 3.56. The highest BCUT2D eigenvalue weighted by atomic mass is 16.5. The topological polar surface area (TPSA) is 26.3 Å². The first-order valence-electron chi connectivity index (χ1n) is 5.84. The van der Waals surface area contributed by atoms with Gasteiger partial charge in [-0.2, -0.15) is 0 Å². The largest absolute Gasteiger partial charge is 0.459 e. The molecule has 0 aromatic heterocycles. The van der Waals surface area contributed by atoms with Gasteiger partial charge < -0.3 is 4.74 Å². The lowest BCUT2D eigenvalue weighted by Crippen LogP contribution is -2.36. The molecule has 0 radical (unpaired) electrons. The Labute approximate surface area is 92.7 Å². The lowest BCUT2D eigenvalue weighted by Gasteiger charge is -2.34. The van der Waals surface area contributed by atoms with E-state index < -0.39 is 0 Å². The van der Waals surface area contributed by atoms with Gasteiger partial charge >= 0.3 is 5.97 Å². The van der Waals surface area contributed by atoms with Crippen LogP contribution in [0.4, 0.5) is 0 Å². The van der Waals surface area contributed by atoms with Crippen molar-refractivity contribution in [2.75, 3.05) is 0 Å². The van der Waals surface area contributed by atoms with E-state index in [4.69, 9.17) is 4.74 Å². The summed E-state index contributed by atoms with van der Waals surface area (Å²) in [6, 6.07) is 0. The molecule has 0 saturated carbocycles. The van der Waals surface area contributed by atoms with Gasteiger partial charge in [0, 0.05) is 5.57 Å². The molecule has 1 fully saturated rings. The average Bonchev–Trinajstić information content (AvgIpc) is 2.15. The smallest absolute Gasteiger partial charge is 0.334 e. The van der Waals surface area contributed by atoms with E-state index in [-0.39, 0.29) is 12.1 Å². The summed E-state index contributed by atoms with van der Waals surface area (Å²) in [7, 11) is 0. The Morgan fingerprint density at radius 1 is 1.40 bits per heavy atom. The van der Waals surface area contributed by atoms with Crippen molar-refractivity contribution < 1.29 is 9.53 Å². The van der Waals surface area contributed by atoms with Crippen molar-refractivity contribution in [3.05, 3.63) is 11.6 Å². The summed E-state index contributed by atoms with van der Waals surface area (Å²) in [4.78, 5) is 11.7. The monoisotopic (exact) mass is 210 g/mol. The first-order chi connectivity index (χ1) is 6.97. The Balaban J connectivity index is 2.73. The van der Waals surface area contributed by atoms with Crippen LogP contribution in [0.3, 0.4) is 0 Å². The number of cyclic esters (lactones) is 1. The summed E-state index contributed by atoms with van der Waals surface area (Å²) in [5.74, 6) is 1.22. The van der Waals surface area contributed by atoms with E-state index >= 15 is 0 Å². The fraction of sp³-hybridized carbons (Fsp3) is 0.769. The van der Waals surface area contributed by atoms with Crippen LogP contribution in [-0.2, 0) is 9.53 Å². The molecule has 15 heavy (non-hydrogen) atoms. The predicted molar refractivity (Wildman–Crippen MR) is 61.4 cm³/mol. The van der Waals surface area contributed by atoms with Crippen molar-refractivity contribution in [3.8, 4) is 0 Å². The summed E-state index contributed by atoms with van der Waals surface area (Å²) in [5.41, 5.74) is 0.835. The molecule has 3 atom stereocenters. The highest BCUT2D eigenvalue weighted by molar-refractivity contribution is 5.89. The summed E-state index contributed by atoms with van der Waals surface area (Å²) in [5, 5.41) is 0. The maximum Gasteiger partial charge on any atom is 0.334 e. The van der Waals surface area contributed by atoms with Gasteiger partial charge in [0.1, 0.15) is 6.10 Å². The van der Waals surface area contributed by atoms with E-state index in [0.717, 1.165) is 12.0 Å². The Morgan fingerprint density at radius 3 is 2.40 bits per heavy atom. The van der Waals surface area contributed by atoms with Crippen LogP contribution in [0.1, 0.15) is 41.0 Å². The minimum atomic E-state index is -0.117. The van der Waals surface area contributed by atoms with Gasteiger partial charge in [0.05, 0.1) is 0 Å². The summed E-state index contributed by atoms with van der Waals surface area (Å²) < 4.78 is 5.48. The lowest BCUT2D eigenvalue weighted by molar-refractivity contribution is -0.153. The molecule has 0 amide bonds. The van der Waals surface area contributed by atoms with Gasteiger partial charge in [-0.25, -0.2) is 4.79 Å². The van der Waals surface area contributed by atoms with Crippen molar-refractivity contribution in [2.45, 2.75) is 47.1 Å². The van der Waals surface area contributed by atoms with Crippen molar-refractivity contribution in [1.29, 1.82) is 0 Å². The van der Waals surface area contributed by atoms with Gasteiger partial charge in [-0.05, 0) is 31.1 Å². The van der Waals surface area contributed by atoms with E-state index in [0.29, 0.717) is 17.8 Å². The molecule has 2 nitrogen and oxygen atoms in total. The van der Waals surface area contributed by atoms with E-state index in [9.17, 15) is 4.79 Å². The first kappa shape index (κ1) is 12.3. The maximum atomic E-state index is 11.7. The zero-order valence-corrected chi connectivity index (χ0v) is 10.4. The fourth-order valence-electron chi connectivity index (χ4n) is 2.08. The second-order valence-electron chi connectivity index (χ2n) is 4.93. The number of rotatable bonds is 2. The van der Waals surface area contributed by atoms with Gasteiger partial charge in [0.25, 0.3) is 0 Å². The molecule has 0 aromatic carbocycles.